The van der Waals surface area contributed by atoms with Gasteiger partial charge in [-0.25, -0.2) is 4.79 Å². The van der Waals surface area contributed by atoms with E-state index in [2.05, 4.69) is 10.5 Å². The molecule has 6 nitrogen and oxygen atoms in total. The van der Waals surface area contributed by atoms with Crippen molar-refractivity contribution in [2.75, 3.05) is 13.2 Å². The van der Waals surface area contributed by atoms with Crippen molar-refractivity contribution in [1.29, 1.82) is 0 Å². The lowest BCUT2D eigenvalue weighted by molar-refractivity contribution is 0.0482. The number of nitrogens with one attached hydrogen (secondary N) is 1. The maximum atomic E-state index is 11.6. The quantitative estimate of drug-likeness (QED) is 0.751. The molecule has 104 valence electrons. The molecule has 1 rings (SSSR count). The maximum absolute atomic E-state index is 11.6. The maximum Gasteiger partial charge on any atom is 0.407 e. The van der Waals surface area contributed by atoms with Crippen LogP contribution in [0.4, 0.5) is 4.79 Å². The Morgan fingerprint density at radius 1 is 1.44 bits per heavy atom. The number of nitrogens with zero attached hydrogens (tertiary/aromatic N) is 1. The molecule has 0 unspecified atom stereocenters. The Labute approximate surface area is 107 Å². The van der Waals surface area contributed by atoms with Crippen LogP contribution in [-0.4, -0.2) is 36.0 Å². The lowest BCUT2D eigenvalue weighted by Crippen LogP contribution is -2.41. The van der Waals surface area contributed by atoms with Crippen LogP contribution in [0.3, 0.4) is 0 Å². The average Bonchev–Trinajstić information content (AvgIpc) is 2.57. The standard InChI is InChI=1S/C12H22N2O4/c1-12(2,3)18-11(16)14-10-5-8(6-13-17)4-9(10)7-15/h8-10,15H,4-7H2,1-3H3,(H,14,16)/t8-,9+,10-/m1/s1. The van der Waals surface area contributed by atoms with Gasteiger partial charge in [-0.1, -0.05) is 5.18 Å². The second-order valence-electron chi connectivity index (χ2n) is 5.84. The summed E-state index contributed by atoms with van der Waals surface area (Å²) in [6.45, 7) is 5.62. The van der Waals surface area contributed by atoms with Gasteiger partial charge in [-0.2, -0.15) is 4.91 Å². The van der Waals surface area contributed by atoms with E-state index < -0.39 is 11.7 Å². The van der Waals surface area contributed by atoms with E-state index in [9.17, 15) is 14.8 Å². The molecule has 0 heterocycles. The van der Waals surface area contributed by atoms with E-state index in [0.717, 1.165) is 0 Å². The molecular weight excluding hydrogens is 236 g/mol. The summed E-state index contributed by atoms with van der Waals surface area (Å²) in [5.41, 5.74) is -0.541. The van der Waals surface area contributed by atoms with E-state index in [-0.39, 0.29) is 31.0 Å². The fourth-order valence-electron chi connectivity index (χ4n) is 2.33. The Kier molecular flexibility index (Phi) is 5.07. The van der Waals surface area contributed by atoms with Crippen LogP contribution in [0.5, 0.6) is 0 Å². The number of nitroso groups, excluding NO2 is 1. The van der Waals surface area contributed by atoms with Crippen molar-refractivity contribution in [3.8, 4) is 0 Å². The number of carbonyl (C=O) groups excluding carboxylic acids is 1. The first kappa shape index (κ1) is 14.9. The number of rotatable bonds is 4. The van der Waals surface area contributed by atoms with Crippen LogP contribution in [-0.2, 0) is 4.74 Å². The Bertz CT molecular complexity index is 301. The predicted molar refractivity (Wildman–Crippen MR) is 67.1 cm³/mol. The van der Waals surface area contributed by atoms with E-state index in [1.165, 1.54) is 0 Å². The summed E-state index contributed by atoms with van der Waals surface area (Å²) in [5, 5.41) is 14.9. The van der Waals surface area contributed by atoms with Crippen molar-refractivity contribution in [3.63, 3.8) is 0 Å². The van der Waals surface area contributed by atoms with Crippen molar-refractivity contribution in [1.82, 2.24) is 5.32 Å². The summed E-state index contributed by atoms with van der Waals surface area (Å²) < 4.78 is 5.17. The van der Waals surface area contributed by atoms with Crippen LogP contribution in [0.2, 0.25) is 0 Å². The smallest absolute Gasteiger partial charge is 0.407 e. The summed E-state index contributed by atoms with van der Waals surface area (Å²) in [4.78, 5) is 21.9. The van der Waals surface area contributed by atoms with Crippen LogP contribution in [0.25, 0.3) is 0 Å². The van der Waals surface area contributed by atoms with Gasteiger partial charge in [0.15, 0.2) is 0 Å². The van der Waals surface area contributed by atoms with Crippen LogP contribution in [0, 0.1) is 16.7 Å². The second-order valence-corrected chi connectivity index (χ2v) is 5.84. The van der Waals surface area contributed by atoms with E-state index >= 15 is 0 Å². The molecule has 0 saturated heterocycles. The highest BCUT2D eigenvalue weighted by molar-refractivity contribution is 5.68. The number of ether oxygens (including phenoxy) is 1. The summed E-state index contributed by atoms with van der Waals surface area (Å²) in [7, 11) is 0. The lowest BCUT2D eigenvalue weighted by Gasteiger charge is -2.23. The lowest BCUT2D eigenvalue weighted by atomic mass is 10.0. The van der Waals surface area contributed by atoms with Gasteiger partial charge in [0, 0.05) is 18.6 Å². The van der Waals surface area contributed by atoms with Crippen LogP contribution < -0.4 is 5.32 Å². The minimum atomic E-state index is -0.541. The van der Waals surface area contributed by atoms with Crippen molar-refractivity contribution < 1.29 is 14.6 Å². The summed E-state index contributed by atoms with van der Waals surface area (Å²) in [6.07, 6.45) is 0.893. The first-order valence-corrected chi connectivity index (χ1v) is 6.25. The minimum absolute atomic E-state index is 0.00415. The van der Waals surface area contributed by atoms with Crippen molar-refractivity contribution in [2.24, 2.45) is 17.0 Å². The third-order valence-corrected chi connectivity index (χ3v) is 3.06. The third kappa shape index (κ3) is 4.60. The monoisotopic (exact) mass is 258 g/mol. The first-order valence-electron chi connectivity index (χ1n) is 6.25. The van der Waals surface area contributed by atoms with E-state index in [0.29, 0.717) is 12.8 Å². The van der Waals surface area contributed by atoms with Gasteiger partial charge in [0.05, 0.1) is 6.54 Å². The largest absolute Gasteiger partial charge is 0.444 e. The molecule has 1 aliphatic rings. The molecule has 0 aromatic carbocycles. The molecule has 18 heavy (non-hydrogen) atoms. The van der Waals surface area contributed by atoms with Crippen molar-refractivity contribution in [2.45, 2.75) is 45.3 Å². The predicted octanol–water partition coefficient (Wildman–Crippen LogP) is 1.66. The molecule has 1 amide bonds. The Hall–Kier alpha value is -1.17. The summed E-state index contributed by atoms with van der Waals surface area (Å²) in [6, 6.07) is -0.142. The van der Waals surface area contributed by atoms with Gasteiger partial charge in [-0.15, -0.1) is 0 Å². The van der Waals surface area contributed by atoms with Gasteiger partial charge < -0.3 is 15.2 Å². The summed E-state index contributed by atoms with van der Waals surface area (Å²) >= 11 is 0. The zero-order valence-electron chi connectivity index (χ0n) is 11.2. The summed E-state index contributed by atoms with van der Waals surface area (Å²) in [5.74, 6) is 0.115. The van der Waals surface area contributed by atoms with E-state index in [4.69, 9.17) is 4.74 Å². The van der Waals surface area contributed by atoms with Crippen LogP contribution >= 0.6 is 0 Å². The molecule has 0 aromatic rings. The average molecular weight is 258 g/mol. The van der Waals surface area contributed by atoms with E-state index in [1.54, 1.807) is 20.8 Å². The topological polar surface area (TPSA) is 88.0 Å². The normalized spacial score (nSPS) is 27.9. The molecule has 0 bridgehead atoms. The first-order chi connectivity index (χ1) is 8.35. The third-order valence-electron chi connectivity index (χ3n) is 3.06. The minimum Gasteiger partial charge on any atom is -0.444 e. The number of alkyl carbamates (subject to hydrolysis) is 1. The van der Waals surface area contributed by atoms with Crippen molar-refractivity contribution in [3.05, 3.63) is 4.91 Å². The Morgan fingerprint density at radius 3 is 2.61 bits per heavy atom. The highest BCUT2D eigenvalue weighted by Gasteiger charge is 2.35. The molecule has 6 heteroatoms. The number of aliphatic hydroxyl groups is 1. The zero-order valence-corrected chi connectivity index (χ0v) is 11.2. The molecule has 0 spiro atoms. The highest BCUT2D eigenvalue weighted by atomic mass is 16.6. The van der Waals surface area contributed by atoms with Crippen LogP contribution in [0.15, 0.2) is 5.18 Å². The number of hydrogen-bond acceptors (Lipinski definition) is 5. The van der Waals surface area contributed by atoms with Gasteiger partial charge in [0.25, 0.3) is 0 Å². The van der Waals surface area contributed by atoms with E-state index in [1.807, 2.05) is 0 Å². The molecule has 3 atom stereocenters. The Morgan fingerprint density at radius 2 is 2.11 bits per heavy atom. The molecule has 2 N–H and O–H groups in total. The molecular formula is C12H22N2O4. The molecule has 0 aliphatic heterocycles. The fraction of sp³-hybridized carbons (Fsp3) is 0.917. The van der Waals surface area contributed by atoms with Gasteiger partial charge in [-0.3, -0.25) is 0 Å². The number of hydrogen-bond donors (Lipinski definition) is 2. The molecule has 0 aromatic heterocycles. The van der Waals surface area contributed by atoms with Gasteiger partial charge in [0.2, 0.25) is 0 Å². The molecule has 0 radical (unpaired) electrons. The fourth-order valence-corrected chi connectivity index (χ4v) is 2.33. The second kappa shape index (κ2) is 6.13. The molecule has 1 saturated carbocycles. The zero-order chi connectivity index (χ0) is 13.8. The molecule has 1 fully saturated rings. The number of carbonyl (C=O) groups is 1. The molecule has 1 aliphatic carbocycles. The Balaban J connectivity index is 2.49. The van der Waals surface area contributed by atoms with Crippen molar-refractivity contribution >= 4 is 6.09 Å². The van der Waals surface area contributed by atoms with Gasteiger partial charge >= 0.3 is 6.09 Å². The number of amides is 1. The highest BCUT2D eigenvalue weighted by Crippen LogP contribution is 2.31. The van der Waals surface area contributed by atoms with Gasteiger partial charge in [-0.05, 0) is 39.5 Å². The number of aliphatic hydroxyl groups excluding tert-OH is 1. The van der Waals surface area contributed by atoms with Crippen LogP contribution in [0.1, 0.15) is 33.6 Å². The van der Waals surface area contributed by atoms with Gasteiger partial charge in [0.1, 0.15) is 5.60 Å². The SMILES string of the molecule is CC(C)(C)OC(=O)N[C@@H]1C[C@H](CN=O)C[C@H]1CO.